The van der Waals surface area contributed by atoms with Gasteiger partial charge in [-0.1, -0.05) is 35.9 Å². The topological polar surface area (TPSA) is 108 Å². The molecule has 2 amide bonds. The van der Waals surface area contributed by atoms with Gasteiger partial charge in [0.15, 0.2) is 0 Å². The van der Waals surface area contributed by atoms with Gasteiger partial charge in [0, 0.05) is 11.3 Å². The average Bonchev–Trinajstić information content (AvgIpc) is 3.22. The van der Waals surface area contributed by atoms with Crippen LogP contribution in [0, 0.1) is 5.41 Å². The van der Waals surface area contributed by atoms with Crippen molar-refractivity contribution in [3.05, 3.63) is 87.1 Å². The van der Waals surface area contributed by atoms with E-state index in [0.717, 1.165) is 11.3 Å². The molecular weight excluding hydrogens is 477 g/mol. The minimum Gasteiger partial charge on any atom is -0.365 e. The van der Waals surface area contributed by atoms with Gasteiger partial charge >= 0.3 is 6.18 Å². The molecule has 6 nitrogen and oxygen atoms in total. The number of allylic oxidation sites excluding steroid dienone is 1. The van der Waals surface area contributed by atoms with Gasteiger partial charge in [-0.2, -0.15) is 13.2 Å². The zero-order valence-corrected chi connectivity index (χ0v) is 18.2. The van der Waals surface area contributed by atoms with Crippen LogP contribution in [0.15, 0.2) is 66.1 Å². The summed E-state index contributed by atoms with van der Waals surface area (Å²) in [6.07, 6.45) is -4.20. The van der Waals surface area contributed by atoms with Crippen LogP contribution in [0.5, 0.6) is 0 Å². The van der Waals surface area contributed by atoms with Gasteiger partial charge in [0.25, 0.3) is 11.8 Å². The number of benzene rings is 2. The quantitative estimate of drug-likeness (QED) is 0.313. The molecule has 3 aromatic rings. The Bertz CT molecular complexity index is 1240. The highest BCUT2D eigenvalue weighted by Gasteiger charge is 2.33. The molecule has 0 atom stereocenters. The van der Waals surface area contributed by atoms with Crippen molar-refractivity contribution >= 4 is 57.5 Å². The van der Waals surface area contributed by atoms with Gasteiger partial charge in [0.2, 0.25) is 0 Å². The highest BCUT2D eigenvalue weighted by atomic mass is 35.5. The first-order valence-electron chi connectivity index (χ1n) is 9.24. The lowest BCUT2D eigenvalue weighted by Gasteiger charge is -2.15. The average molecular weight is 493 g/mol. The molecule has 3 rings (SSSR count). The largest absolute Gasteiger partial charge is 0.432 e. The summed E-state index contributed by atoms with van der Waals surface area (Å²) < 4.78 is 38.9. The standard InChI is InChI=1S/C22H16ClF3N4O2S/c23-14-3-1-2-4-15(14)29-17(11-18(27)22(24,25)26)12-5-7-13(8-6-12)21(32)30-16-9-10-33-19(16)20(28)31/h1-11,27,29H,(H2,28,31)(H,30,32)/b17-11-,27-18?. The maximum Gasteiger partial charge on any atom is 0.432 e. The Morgan fingerprint density at radius 2 is 1.61 bits per heavy atom. The number of nitrogens with two attached hydrogens (primary N) is 1. The molecule has 1 aromatic heterocycles. The van der Waals surface area contributed by atoms with Gasteiger partial charge in [0.1, 0.15) is 10.6 Å². The molecular formula is C22H16ClF3N4O2S. The first-order chi connectivity index (χ1) is 15.6. The second kappa shape index (κ2) is 9.88. The van der Waals surface area contributed by atoms with Crippen LogP contribution in [0.25, 0.3) is 5.70 Å². The summed E-state index contributed by atoms with van der Waals surface area (Å²) in [5.74, 6) is -1.21. The number of anilines is 2. The fourth-order valence-electron chi connectivity index (χ4n) is 2.72. The van der Waals surface area contributed by atoms with E-state index >= 15 is 0 Å². The lowest BCUT2D eigenvalue weighted by atomic mass is 10.1. The molecule has 0 aliphatic heterocycles. The number of hydrogen-bond acceptors (Lipinski definition) is 5. The molecule has 0 spiro atoms. The third-order valence-electron chi connectivity index (χ3n) is 4.33. The Morgan fingerprint density at radius 3 is 2.21 bits per heavy atom. The number of thiophene rings is 1. The monoisotopic (exact) mass is 492 g/mol. The van der Waals surface area contributed by atoms with Crippen molar-refractivity contribution in [2.75, 3.05) is 10.6 Å². The molecule has 0 saturated heterocycles. The third-order valence-corrected chi connectivity index (χ3v) is 5.59. The SMILES string of the molecule is N=C(/C=C(\Nc1ccccc1Cl)c1ccc(C(=O)Nc2ccsc2C(N)=O)cc1)C(F)(F)F. The van der Waals surface area contributed by atoms with Crippen LogP contribution in [0.2, 0.25) is 5.02 Å². The Morgan fingerprint density at radius 1 is 0.970 bits per heavy atom. The van der Waals surface area contributed by atoms with Gasteiger partial charge in [-0.25, -0.2) is 0 Å². The number of hydrogen-bond donors (Lipinski definition) is 4. The summed E-state index contributed by atoms with van der Waals surface area (Å²) in [7, 11) is 0. The van der Waals surface area contributed by atoms with E-state index < -0.39 is 23.7 Å². The van der Waals surface area contributed by atoms with Gasteiger partial charge in [0.05, 0.1) is 16.4 Å². The molecule has 33 heavy (non-hydrogen) atoms. The van der Waals surface area contributed by atoms with Crippen molar-refractivity contribution in [3.63, 3.8) is 0 Å². The minimum atomic E-state index is -4.84. The number of halogens is 4. The van der Waals surface area contributed by atoms with Gasteiger partial charge in [-0.05, 0) is 47.4 Å². The van der Waals surface area contributed by atoms with Crippen molar-refractivity contribution in [3.8, 4) is 0 Å². The van der Waals surface area contributed by atoms with E-state index in [1.165, 1.54) is 30.3 Å². The van der Waals surface area contributed by atoms with Crippen molar-refractivity contribution in [1.29, 1.82) is 5.41 Å². The highest BCUT2D eigenvalue weighted by molar-refractivity contribution is 7.12. The maximum absolute atomic E-state index is 13.0. The third kappa shape index (κ3) is 5.99. The van der Waals surface area contributed by atoms with E-state index in [1.807, 2.05) is 0 Å². The molecule has 0 saturated carbocycles. The number of carbonyl (C=O) groups excluding carboxylic acids is 2. The highest BCUT2D eigenvalue weighted by Crippen LogP contribution is 2.28. The second-order valence-corrected chi connectivity index (χ2v) is 7.96. The Kier molecular flexibility index (Phi) is 7.19. The Balaban J connectivity index is 1.88. The summed E-state index contributed by atoms with van der Waals surface area (Å²) >= 11 is 7.18. The van der Waals surface area contributed by atoms with Crippen molar-refractivity contribution in [2.24, 2.45) is 5.73 Å². The van der Waals surface area contributed by atoms with Crippen molar-refractivity contribution in [1.82, 2.24) is 0 Å². The van der Waals surface area contributed by atoms with E-state index in [1.54, 1.807) is 29.6 Å². The number of rotatable bonds is 7. The van der Waals surface area contributed by atoms with E-state index in [0.29, 0.717) is 11.8 Å². The lowest BCUT2D eigenvalue weighted by molar-refractivity contribution is -0.0583. The molecule has 1 heterocycles. The van der Waals surface area contributed by atoms with Crippen LogP contribution in [0.1, 0.15) is 25.6 Å². The zero-order valence-electron chi connectivity index (χ0n) is 16.7. The van der Waals surface area contributed by atoms with Crippen LogP contribution in [-0.4, -0.2) is 23.7 Å². The second-order valence-electron chi connectivity index (χ2n) is 6.63. The number of carbonyl (C=O) groups is 2. The Hall–Kier alpha value is -3.63. The molecule has 5 N–H and O–H groups in total. The molecule has 0 unspecified atom stereocenters. The number of nitrogens with one attached hydrogen (secondary N) is 3. The molecule has 2 aromatic carbocycles. The minimum absolute atomic E-state index is 0.0359. The number of para-hydroxylation sites is 1. The Labute approximate surface area is 195 Å². The van der Waals surface area contributed by atoms with E-state index in [9.17, 15) is 22.8 Å². The van der Waals surface area contributed by atoms with Crippen LogP contribution >= 0.6 is 22.9 Å². The van der Waals surface area contributed by atoms with Crippen LogP contribution in [0.3, 0.4) is 0 Å². The van der Waals surface area contributed by atoms with Gasteiger partial charge < -0.3 is 16.4 Å². The fourth-order valence-corrected chi connectivity index (χ4v) is 3.60. The summed E-state index contributed by atoms with van der Waals surface area (Å²) in [6, 6.07) is 13.7. The molecule has 0 aliphatic rings. The van der Waals surface area contributed by atoms with Crippen molar-refractivity contribution in [2.45, 2.75) is 6.18 Å². The summed E-state index contributed by atoms with van der Waals surface area (Å²) in [5.41, 5.74) is 4.77. The lowest BCUT2D eigenvalue weighted by Crippen LogP contribution is -2.20. The molecule has 0 fully saturated rings. The fraction of sp³-hybridized carbons (Fsp3) is 0.0455. The zero-order chi connectivity index (χ0) is 24.2. The number of alkyl halides is 3. The maximum atomic E-state index is 13.0. The predicted octanol–water partition coefficient (Wildman–Crippen LogP) is 5.79. The van der Waals surface area contributed by atoms with Crippen LogP contribution in [-0.2, 0) is 0 Å². The van der Waals surface area contributed by atoms with Gasteiger partial charge in [-0.15, -0.1) is 11.3 Å². The van der Waals surface area contributed by atoms with E-state index in [-0.39, 0.29) is 32.4 Å². The number of amides is 2. The van der Waals surface area contributed by atoms with E-state index in [2.05, 4.69) is 10.6 Å². The molecule has 0 bridgehead atoms. The van der Waals surface area contributed by atoms with E-state index in [4.69, 9.17) is 22.7 Å². The molecule has 0 radical (unpaired) electrons. The number of primary amides is 1. The predicted molar refractivity (Wildman–Crippen MR) is 124 cm³/mol. The smallest absolute Gasteiger partial charge is 0.365 e. The summed E-state index contributed by atoms with van der Waals surface area (Å²) in [5, 5.41) is 14.6. The van der Waals surface area contributed by atoms with Gasteiger partial charge in [-0.3, -0.25) is 15.0 Å². The summed E-state index contributed by atoms with van der Waals surface area (Å²) in [6.45, 7) is 0. The molecule has 170 valence electrons. The van der Waals surface area contributed by atoms with Crippen LogP contribution in [0.4, 0.5) is 24.5 Å². The first kappa shape index (κ1) is 24.0. The first-order valence-corrected chi connectivity index (χ1v) is 10.5. The normalized spacial score (nSPS) is 11.7. The molecule has 0 aliphatic carbocycles. The van der Waals surface area contributed by atoms with Crippen LogP contribution < -0.4 is 16.4 Å². The van der Waals surface area contributed by atoms with Crippen molar-refractivity contribution < 1.29 is 22.8 Å². The molecule has 11 heteroatoms. The summed E-state index contributed by atoms with van der Waals surface area (Å²) in [4.78, 5) is 24.1.